The van der Waals surface area contributed by atoms with Crippen LogP contribution in [0.4, 0.5) is 0 Å². The Morgan fingerprint density at radius 1 is 1.30 bits per heavy atom. The smallest absolute Gasteiger partial charge is 0.337 e. The Kier molecular flexibility index (Phi) is 2.66. The van der Waals surface area contributed by atoms with Crippen LogP contribution >= 0.6 is 0 Å². The van der Waals surface area contributed by atoms with Crippen LogP contribution in [-0.2, 0) is 0 Å². The molecular formula is C14H8N4O2. The van der Waals surface area contributed by atoms with Crippen LogP contribution in [0, 0.1) is 11.3 Å². The number of nitrogens with one attached hydrogen (secondary N) is 1. The molecule has 0 fully saturated rings. The number of imidazole rings is 1. The molecule has 96 valence electrons. The van der Waals surface area contributed by atoms with Crippen molar-refractivity contribution in [3.8, 4) is 17.5 Å². The van der Waals surface area contributed by atoms with E-state index in [1.807, 2.05) is 6.07 Å². The highest BCUT2D eigenvalue weighted by Crippen LogP contribution is 2.20. The number of benzene rings is 1. The number of rotatable bonds is 2. The molecule has 2 N–H and O–H groups in total. The highest BCUT2D eigenvalue weighted by Gasteiger charge is 2.10. The molecule has 0 amide bonds. The number of nitriles is 1. The van der Waals surface area contributed by atoms with Crippen molar-refractivity contribution >= 4 is 17.1 Å². The summed E-state index contributed by atoms with van der Waals surface area (Å²) in [6.07, 6.45) is 1.28. The monoisotopic (exact) mass is 264 g/mol. The summed E-state index contributed by atoms with van der Waals surface area (Å²) in [5.74, 6) is -0.457. The normalized spacial score (nSPS) is 10.3. The fourth-order valence-corrected chi connectivity index (χ4v) is 1.85. The lowest BCUT2D eigenvalue weighted by atomic mass is 10.1. The molecule has 1 aromatic carbocycles. The Morgan fingerprint density at radius 2 is 2.05 bits per heavy atom. The predicted octanol–water partition coefficient (Wildman–Crippen LogP) is 2.19. The number of aromatic carboxylic acids is 1. The van der Waals surface area contributed by atoms with Crippen molar-refractivity contribution in [1.82, 2.24) is 15.0 Å². The highest BCUT2D eigenvalue weighted by molar-refractivity contribution is 5.91. The fraction of sp³-hybridized carbons (Fsp3) is 0. The summed E-state index contributed by atoms with van der Waals surface area (Å²) < 4.78 is 0. The van der Waals surface area contributed by atoms with Gasteiger partial charge in [-0.15, -0.1) is 0 Å². The minimum Gasteiger partial charge on any atom is -0.478 e. The van der Waals surface area contributed by atoms with Gasteiger partial charge in [-0.25, -0.2) is 14.8 Å². The zero-order valence-electron chi connectivity index (χ0n) is 10.2. The summed E-state index contributed by atoms with van der Waals surface area (Å²) in [5, 5.41) is 17.7. The van der Waals surface area contributed by atoms with Gasteiger partial charge < -0.3 is 10.1 Å². The summed E-state index contributed by atoms with van der Waals surface area (Å²) >= 11 is 0. The van der Waals surface area contributed by atoms with E-state index >= 15 is 0 Å². The van der Waals surface area contributed by atoms with Gasteiger partial charge >= 0.3 is 5.97 Å². The fourth-order valence-electron chi connectivity index (χ4n) is 1.85. The van der Waals surface area contributed by atoms with Crippen molar-refractivity contribution in [1.29, 1.82) is 5.26 Å². The number of aromatic nitrogens is 3. The maximum atomic E-state index is 10.9. The quantitative estimate of drug-likeness (QED) is 0.738. The highest BCUT2D eigenvalue weighted by atomic mass is 16.4. The van der Waals surface area contributed by atoms with E-state index < -0.39 is 5.97 Å². The molecular weight excluding hydrogens is 256 g/mol. The van der Waals surface area contributed by atoms with Gasteiger partial charge in [-0.3, -0.25) is 0 Å². The van der Waals surface area contributed by atoms with Crippen LogP contribution in [0.5, 0.6) is 0 Å². The van der Waals surface area contributed by atoms with E-state index in [1.165, 1.54) is 12.3 Å². The maximum absolute atomic E-state index is 10.9. The van der Waals surface area contributed by atoms with Gasteiger partial charge in [0.2, 0.25) is 0 Å². The molecule has 0 atom stereocenters. The second-order valence-corrected chi connectivity index (χ2v) is 4.17. The van der Waals surface area contributed by atoms with Gasteiger partial charge in [-0.2, -0.15) is 5.26 Å². The molecule has 0 spiro atoms. The van der Waals surface area contributed by atoms with Gasteiger partial charge in [0.1, 0.15) is 11.3 Å². The first-order valence-corrected chi connectivity index (χ1v) is 5.77. The van der Waals surface area contributed by atoms with Crippen LogP contribution in [0.3, 0.4) is 0 Å². The van der Waals surface area contributed by atoms with E-state index in [1.54, 1.807) is 24.3 Å². The van der Waals surface area contributed by atoms with Crippen molar-refractivity contribution < 1.29 is 9.90 Å². The number of carbonyl (C=O) groups is 1. The van der Waals surface area contributed by atoms with Crippen molar-refractivity contribution in [2.24, 2.45) is 0 Å². The summed E-state index contributed by atoms with van der Waals surface area (Å²) in [5.41, 5.74) is 2.48. The number of aromatic amines is 1. The van der Waals surface area contributed by atoms with Gasteiger partial charge in [0.15, 0.2) is 5.65 Å². The third kappa shape index (κ3) is 1.97. The molecule has 2 aromatic heterocycles. The number of nitrogens with zero attached hydrogens (tertiary/aromatic N) is 3. The molecule has 0 saturated carbocycles. The molecule has 0 aliphatic carbocycles. The van der Waals surface area contributed by atoms with Crippen LogP contribution in [0.25, 0.3) is 22.6 Å². The van der Waals surface area contributed by atoms with Gasteiger partial charge in [-0.05, 0) is 30.3 Å². The first-order valence-electron chi connectivity index (χ1n) is 5.77. The van der Waals surface area contributed by atoms with Gasteiger partial charge in [-0.1, -0.05) is 0 Å². The summed E-state index contributed by atoms with van der Waals surface area (Å²) in [4.78, 5) is 22.2. The van der Waals surface area contributed by atoms with E-state index in [-0.39, 0.29) is 5.56 Å². The Bertz CT molecular complexity index is 844. The lowest BCUT2D eigenvalue weighted by Gasteiger charge is -1.95. The molecule has 0 radical (unpaired) electrons. The van der Waals surface area contributed by atoms with Crippen molar-refractivity contribution in [2.75, 3.05) is 0 Å². The van der Waals surface area contributed by atoms with E-state index in [0.717, 1.165) is 5.56 Å². The number of fused-ring (bicyclic) bond motifs is 1. The third-order valence-electron chi connectivity index (χ3n) is 2.87. The average molecular weight is 264 g/mol. The Morgan fingerprint density at radius 3 is 2.70 bits per heavy atom. The summed E-state index contributed by atoms with van der Waals surface area (Å²) in [6, 6.07) is 10.4. The predicted molar refractivity (Wildman–Crippen MR) is 71.0 cm³/mol. The molecule has 2 heterocycles. The molecule has 20 heavy (non-hydrogen) atoms. The number of carboxylic acid groups (broad SMARTS) is 1. The lowest BCUT2D eigenvalue weighted by Crippen LogP contribution is -1.96. The Hall–Kier alpha value is -3.20. The van der Waals surface area contributed by atoms with Crippen molar-refractivity contribution in [2.45, 2.75) is 0 Å². The standard InChI is InChI=1S/C14H8N4O2/c15-6-8-1-3-9(4-2-8)12-17-11-5-10(14(19)20)7-16-13(11)18-12/h1-5,7H,(H,19,20)(H,16,17,18). The average Bonchev–Trinajstić information content (AvgIpc) is 2.90. The summed E-state index contributed by atoms with van der Waals surface area (Å²) in [7, 11) is 0. The van der Waals surface area contributed by atoms with Crippen LogP contribution in [-0.4, -0.2) is 26.0 Å². The first-order chi connectivity index (χ1) is 9.67. The van der Waals surface area contributed by atoms with E-state index in [0.29, 0.717) is 22.6 Å². The van der Waals surface area contributed by atoms with Crippen LogP contribution in [0.2, 0.25) is 0 Å². The second-order valence-electron chi connectivity index (χ2n) is 4.17. The number of pyridine rings is 1. The van der Waals surface area contributed by atoms with E-state index in [9.17, 15) is 4.79 Å². The zero-order valence-corrected chi connectivity index (χ0v) is 10.2. The van der Waals surface area contributed by atoms with E-state index in [2.05, 4.69) is 15.0 Å². The molecule has 0 saturated heterocycles. The Balaban J connectivity index is 2.08. The van der Waals surface area contributed by atoms with Gasteiger partial charge in [0.25, 0.3) is 0 Å². The second kappa shape index (κ2) is 4.48. The lowest BCUT2D eigenvalue weighted by molar-refractivity contribution is 0.0696. The topological polar surface area (TPSA) is 103 Å². The summed E-state index contributed by atoms with van der Waals surface area (Å²) in [6.45, 7) is 0. The SMILES string of the molecule is N#Cc1ccc(-c2nc3cc(C(=O)O)cnc3[nH]2)cc1. The van der Waals surface area contributed by atoms with Crippen LogP contribution < -0.4 is 0 Å². The minimum atomic E-state index is -1.04. The number of hydrogen-bond donors (Lipinski definition) is 2. The minimum absolute atomic E-state index is 0.0929. The molecule has 6 heteroatoms. The zero-order chi connectivity index (χ0) is 14.1. The molecule has 0 bridgehead atoms. The number of carboxylic acids is 1. The van der Waals surface area contributed by atoms with Crippen LogP contribution in [0.1, 0.15) is 15.9 Å². The van der Waals surface area contributed by atoms with Crippen LogP contribution in [0.15, 0.2) is 36.5 Å². The number of hydrogen-bond acceptors (Lipinski definition) is 4. The van der Waals surface area contributed by atoms with Crippen molar-refractivity contribution in [3.05, 3.63) is 47.7 Å². The number of H-pyrrole nitrogens is 1. The molecule has 6 nitrogen and oxygen atoms in total. The van der Waals surface area contributed by atoms with Crippen molar-refractivity contribution in [3.63, 3.8) is 0 Å². The maximum Gasteiger partial charge on any atom is 0.337 e. The first kappa shape index (κ1) is 11.9. The molecule has 0 aliphatic heterocycles. The molecule has 0 aliphatic rings. The van der Waals surface area contributed by atoms with Gasteiger partial charge in [0, 0.05) is 11.8 Å². The largest absolute Gasteiger partial charge is 0.478 e. The van der Waals surface area contributed by atoms with Gasteiger partial charge in [0.05, 0.1) is 17.2 Å². The molecule has 3 aromatic rings. The third-order valence-corrected chi connectivity index (χ3v) is 2.87. The Labute approximate surface area is 113 Å². The van der Waals surface area contributed by atoms with E-state index in [4.69, 9.17) is 10.4 Å². The molecule has 3 rings (SSSR count). The molecule has 0 unspecified atom stereocenters.